The summed E-state index contributed by atoms with van der Waals surface area (Å²) in [6.45, 7) is -0.228. The molecule has 2 aromatic carbocycles. The molecule has 1 amide bonds. The molecule has 5 rings (SSSR count). The van der Waals surface area contributed by atoms with Crippen LogP contribution < -0.4 is 15.6 Å². The highest BCUT2D eigenvalue weighted by atomic mass is 35.5. The summed E-state index contributed by atoms with van der Waals surface area (Å²) in [6.07, 6.45) is -3.00. The van der Waals surface area contributed by atoms with Gasteiger partial charge >= 0.3 is 6.36 Å². The van der Waals surface area contributed by atoms with Crippen molar-refractivity contribution in [3.63, 3.8) is 0 Å². The second-order valence-corrected chi connectivity index (χ2v) is 10.2. The second kappa shape index (κ2) is 10.3. The smallest absolute Gasteiger partial charge is 0.404 e. The van der Waals surface area contributed by atoms with Crippen molar-refractivity contribution in [1.29, 1.82) is 0 Å². The monoisotopic (exact) mass is 551 g/mol. The maximum Gasteiger partial charge on any atom is 0.573 e. The molecule has 194 valence electrons. The third-order valence-corrected chi connectivity index (χ3v) is 7.31. The van der Waals surface area contributed by atoms with Crippen molar-refractivity contribution < 1.29 is 22.7 Å². The number of rotatable bonds is 6. The van der Waals surface area contributed by atoms with E-state index in [2.05, 4.69) is 25.1 Å². The highest BCUT2D eigenvalue weighted by molar-refractivity contribution is 7.99. The number of carbonyl (C=O) groups excluding carboxylic acids is 1. The van der Waals surface area contributed by atoms with E-state index in [4.69, 9.17) is 11.6 Å². The third kappa shape index (κ3) is 5.85. The fraction of sp³-hybridized carbons (Fsp3) is 0.333. The topological polar surface area (TPSA) is 102 Å². The van der Waals surface area contributed by atoms with E-state index in [1.807, 2.05) is 11.8 Å². The van der Waals surface area contributed by atoms with Crippen LogP contribution in [0.3, 0.4) is 0 Å². The maximum atomic E-state index is 13.1. The maximum absolute atomic E-state index is 13.1. The first-order valence-electron chi connectivity index (χ1n) is 11.5. The molecule has 0 bridgehead atoms. The lowest BCUT2D eigenvalue weighted by atomic mass is 10.1. The number of imidazole rings is 1. The van der Waals surface area contributed by atoms with Crippen LogP contribution in [0, 0.1) is 0 Å². The van der Waals surface area contributed by atoms with E-state index in [0.717, 1.165) is 35.1 Å². The van der Waals surface area contributed by atoms with Crippen molar-refractivity contribution >= 4 is 51.1 Å². The molecule has 0 unspecified atom stereocenters. The Labute approximate surface area is 217 Å². The molecule has 2 aromatic heterocycles. The zero-order valence-electron chi connectivity index (χ0n) is 19.3. The Morgan fingerprint density at radius 3 is 2.68 bits per heavy atom. The molecule has 0 radical (unpaired) electrons. The second-order valence-electron chi connectivity index (χ2n) is 8.62. The Hall–Kier alpha value is -3.25. The van der Waals surface area contributed by atoms with E-state index < -0.39 is 12.1 Å². The van der Waals surface area contributed by atoms with Gasteiger partial charge in [0.1, 0.15) is 18.1 Å². The Morgan fingerprint density at radius 1 is 1.22 bits per heavy atom. The summed E-state index contributed by atoms with van der Waals surface area (Å²) in [6, 6.07) is 9.39. The number of alkyl halides is 3. The molecule has 8 nitrogen and oxygen atoms in total. The van der Waals surface area contributed by atoms with Crippen LogP contribution in [0.25, 0.3) is 21.8 Å². The van der Waals surface area contributed by atoms with Crippen LogP contribution in [0.2, 0.25) is 5.02 Å². The van der Waals surface area contributed by atoms with Crippen LogP contribution in [0.5, 0.6) is 5.75 Å². The number of hydrogen-bond donors (Lipinski definition) is 2. The Morgan fingerprint density at radius 2 is 1.95 bits per heavy atom. The molecule has 1 aliphatic rings. The average molecular weight is 552 g/mol. The molecule has 13 heteroatoms. The summed E-state index contributed by atoms with van der Waals surface area (Å²) < 4.78 is 43.1. The molecule has 1 aliphatic heterocycles. The Bertz CT molecular complexity index is 1530. The zero-order chi connectivity index (χ0) is 26.2. The standard InChI is InChI=1S/C24H21ClF3N5O3S/c25-16-9-18-19(10-20(16)36-24(26,27)28)31-21(30-18)11-17-14-3-1-2-4-15(14)23(35)33(32-17)12-22(34)29-13-5-7-37-8-6-13/h1-4,9-10,13H,5-8,11-12H2,(H,29,34)(H,30,31). The van der Waals surface area contributed by atoms with Gasteiger partial charge in [0.2, 0.25) is 5.91 Å². The number of benzene rings is 2. The van der Waals surface area contributed by atoms with Gasteiger partial charge in [0.15, 0.2) is 0 Å². The van der Waals surface area contributed by atoms with Crippen LogP contribution in [0.15, 0.2) is 41.2 Å². The van der Waals surface area contributed by atoms with Crippen molar-refractivity contribution in [3.05, 3.63) is 63.3 Å². The summed E-state index contributed by atoms with van der Waals surface area (Å²) in [5.41, 5.74) is 0.728. The third-order valence-electron chi connectivity index (χ3n) is 5.97. The summed E-state index contributed by atoms with van der Waals surface area (Å²) in [5, 5.41) is 8.21. The van der Waals surface area contributed by atoms with Crippen LogP contribution in [0.1, 0.15) is 24.4 Å². The van der Waals surface area contributed by atoms with Gasteiger partial charge in [0, 0.05) is 17.5 Å². The molecule has 1 fully saturated rings. The van der Waals surface area contributed by atoms with Crippen LogP contribution in [-0.4, -0.2) is 49.6 Å². The molecular formula is C24H21ClF3N5O3S. The number of carbonyl (C=O) groups is 1. The normalized spacial score (nSPS) is 14.8. The number of amides is 1. The van der Waals surface area contributed by atoms with Gasteiger partial charge in [0.25, 0.3) is 5.56 Å². The number of hydrogen-bond acceptors (Lipinski definition) is 6. The van der Waals surface area contributed by atoms with Gasteiger partial charge in [-0.2, -0.15) is 16.9 Å². The van der Waals surface area contributed by atoms with E-state index in [0.29, 0.717) is 27.8 Å². The first-order chi connectivity index (χ1) is 17.7. The molecule has 0 aliphatic carbocycles. The van der Waals surface area contributed by atoms with Crippen molar-refractivity contribution in [2.24, 2.45) is 0 Å². The molecular weight excluding hydrogens is 531 g/mol. The molecule has 0 spiro atoms. The number of aromatic amines is 1. The SMILES string of the molecule is O=C(Cn1nc(Cc2nc3cc(OC(F)(F)F)c(Cl)cc3[nH]2)c2ccccc2c1=O)NC1CCSCC1. The van der Waals surface area contributed by atoms with E-state index in [-0.39, 0.29) is 41.0 Å². The summed E-state index contributed by atoms with van der Waals surface area (Å²) in [5.74, 6) is 1.51. The first kappa shape index (κ1) is 25.4. The van der Waals surface area contributed by atoms with Gasteiger partial charge in [-0.1, -0.05) is 29.8 Å². The molecule has 0 atom stereocenters. The average Bonchev–Trinajstić information content (AvgIpc) is 3.22. The summed E-state index contributed by atoms with van der Waals surface area (Å²) in [4.78, 5) is 33.1. The van der Waals surface area contributed by atoms with Crippen molar-refractivity contribution in [2.45, 2.75) is 38.2 Å². The minimum Gasteiger partial charge on any atom is -0.404 e. The molecule has 4 aromatic rings. The highest BCUT2D eigenvalue weighted by Crippen LogP contribution is 2.33. The van der Waals surface area contributed by atoms with Gasteiger partial charge < -0.3 is 15.0 Å². The lowest BCUT2D eigenvalue weighted by molar-refractivity contribution is -0.274. The number of halogens is 4. The zero-order valence-corrected chi connectivity index (χ0v) is 20.8. The number of fused-ring (bicyclic) bond motifs is 2. The quantitative estimate of drug-likeness (QED) is 0.368. The van der Waals surface area contributed by atoms with Crippen molar-refractivity contribution in [1.82, 2.24) is 25.1 Å². The number of thioether (sulfide) groups is 1. The van der Waals surface area contributed by atoms with Gasteiger partial charge in [-0.3, -0.25) is 9.59 Å². The van der Waals surface area contributed by atoms with Crippen molar-refractivity contribution in [3.8, 4) is 5.75 Å². The largest absolute Gasteiger partial charge is 0.573 e. The van der Waals surface area contributed by atoms with Gasteiger partial charge in [-0.25, -0.2) is 9.67 Å². The van der Waals surface area contributed by atoms with Gasteiger partial charge in [-0.05, 0) is 36.5 Å². The molecule has 0 saturated carbocycles. The van der Waals surface area contributed by atoms with Gasteiger partial charge in [0.05, 0.1) is 33.6 Å². The van der Waals surface area contributed by atoms with Crippen LogP contribution >= 0.6 is 23.4 Å². The van der Waals surface area contributed by atoms with Crippen molar-refractivity contribution in [2.75, 3.05) is 11.5 Å². The predicted molar refractivity (Wildman–Crippen MR) is 135 cm³/mol. The number of aromatic nitrogens is 4. The predicted octanol–water partition coefficient (Wildman–Crippen LogP) is 4.43. The lowest BCUT2D eigenvalue weighted by Crippen LogP contribution is -2.41. The number of H-pyrrole nitrogens is 1. The fourth-order valence-corrected chi connectivity index (χ4v) is 5.61. The van der Waals surface area contributed by atoms with Gasteiger partial charge in [-0.15, -0.1) is 13.2 Å². The highest BCUT2D eigenvalue weighted by Gasteiger charge is 2.32. The summed E-state index contributed by atoms with van der Waals surface area (Å²) >= 11 is 7.80. The first-order valence-corrected chi connectivity index (χ1v) is 13.0. The molecule has 3 heterocycles. The minimum atomic E-state index is -4.89. The molecule has 2 N–H and O–H groups in total. The van der Waals surface area contributed by atoms with E-state index >= 15 is 0 Å². The fourth-order valence-electron chi connectivity index (χ4n) is 4.30. The van der Waals surface area contributed by atoms with E-state index in [9.17, 15) is 22.8 Å². The number of nitrogens with zero attached hydrogens (tertiary/aromatic N) is 3. The summed E-state index contributed by atoms with van der Waals surface area (Å²) in [7, 11) is 0. The van der Waals surface area contributed by atoms with E-state index in [1.54, 1.807) is 24.3 Å². The van der Waals surface area contributed by atoms with E-state index in [1.165, 1.54) is 6.07 Å². The minimum absolute atomic E-state index is 0.0815. The number of nitrogens with one attached hydrogen (secondary N) is 2. The lowest BCUT2D eigenvalue weighted by Gasteiger charge is -2.22. The Balaban J connectivity index is 1.45. The van der Waals surface area contributed by atoms with Crippen LogP contribution in [0.4, 0.5) is 13.2 Å². The molecule has 37 heavy (non-hydrogen) atoms. The van der Waals surface area contributed by atoms with Crippen LogP contribution in [-0.2, 0) is 17.8 Å². The number of ether oxygens (including phenoxy) is 1. The molecule has 1 saturated heterocycles. The Kier molecular flexibility index (Phi) is 7.04.